The van der Waals surface area contributed by atoms with Crippen LogP contribution in [0.3, 0.4) is 0 Å². The zero-order valence-electron chi connectivity index (χ0n) is 17.9. The first kappa shape index (κ1) is 21.9. The summed E-state index contributed by atoms with van der Waals surface area (Å²) in [6, 6.07) is 26.8. The molecule has 2 N–H and O–H groups in total. The van der Waals surface area contributed by atoms with Gasteiger partial charge in [0.1, 0.15) is 5.75 Å². The molecule has 0 heterocycles. The molecule has 0 spiro atoms. The number of hydrazone groups is 1. The van der Waals surface area contributed by atoms with Crippen molar-refractivity contribution < 1.29 is 19.4 Å². The summed E-state index contributed by atoms with van der Waals surface area (Å²) in [5, 5.41) is 16.0. The fraction of sp³-hybridized carbons (Fsp3) is 0.0741. The van der Waals surface area contributed by atoms with Crippen LogP contribution in [0.2, 0.25) is 0 Å². The molecule has 0 aliphatic rings. The Morgan fingerprint density at radius 3 is 2.36 bits per heavy atom. The smallest absolute Gasteiger partial charge is 0.343 e. The molecule has 1 atom stereocenters. The lowest BCUT2D eigenvalue weighted by Crippen LogP contribution is -2.25. The zero-order chi connectivity index (χ0) is 23.2. The molecule has 0 aliphatic heterocycles. The molecule has 0 fully saturated rings. The number of hydrogen-bond donors (Lipinski definition) is 2. The minimum absolute atomic E-state index is 0.306. The van der Waals surface area contributed by atoms with Gasteiger partial charge < -0.3 is 9.84 Å². The molecular formula is C27H22N2O4. The van der Waals surface area contributed by atoms with Gasteiger partial charge in [-0.3, -0.25) is 4.79 Å². The molecule has 0 aliphatic carbocycles. The number of carbonyl (C=O) groups excluding carboxylic acids is 2. The Kier molecular flexibility index (Phi) is 6.57. The highest BCUT2D eigenvalue weighted by atomic mass is 16.5. The topological polar surface area (TPSA) is 88.0 Å². The van der Waals surface area contributed by atoms with Gasteiger partial charge in [0.15, 0.2) is 6.10 Å². The Morgan fingerprint density at radius 1 is 0.909 bits per heavy atom. The summed E-state index contributed by atoms with van der Waals surface area (Å²) in [5.74, 6) is -0.861. The quantitative estimate of drug-likeness (QED) is 0.200. The number of amides is 1. The highest BCUT2D eigenvalue weighted by molar-refractivity contribution is 6.04. The molecule has 4 aromatic rings. The number of aliphatic hydroxyl groups excluding tert-OH is 1. The van der Waals surface area contributed by atoms with Crippen molar-refractivity contribution in [2.75, 3.05) is 0 Å². The number of hydrogen-bond acceptors (Lipinski definition) is 5. The van der Waals surface area contributed by atoms with Crippen LogP contribution in [0.25, 0.3) is 10.8 Å². The number of aryl methyl sites for hydroxylation is 1. The minimum atomic E-state index is -1.35. The van der Waals surface area contributed by atoms with Crippen LogP contribution < -0.4 is 10.2 Å². The third-order valence-electron chi connectivity index (χ3n) is 5.15. The molecule has 0 radical (unpaired) electrons. The van der Waals surface area contributed by atoms with E-state index >= 15 is 0 Å². The van der Waals surface area contributed by atoms with Gasteiger partial charge in [-0.2, -0.15) is 5.10 Å². The number of esters is 1. The molecule has 4 rings (SSSR count). The first-order chi connectivity index (χ1) is 16.0. The number of carbonyl (C=O) groups is 2. The van der Waals surface area contributed by atoms with E-state index in [1.54, 1.807) is 48.5 Å². The maximum Gasteiger partial charge on any atom is 0.343 e. The Labute approximate surface area is 191 Å². The van der Waals surface area contributed by atoms with Crippen LogP contribution in [0, 0.1) is 6.92 Å². The van der Waals surface area contributed by atoms with Crippen LogP contribution in [0.15, 0.2) is 96.1 Å². The van der Waals surface area contributed by atoms with Gasteiger partial charge in [0, 0.05) is 5.56 Å². The Bertz CT molecular complexity index is 1320. The van der Waals surface area contributed by atoms with Crippen molar-refractivity contribution in [3.05, 3.63) is 113 Å². The molecule has 0 unspecified atom stereocenters. The van der Waals surface area contributed by atoms with E-state index in [0.717, 1.165) is 16.3 Å². The number of nitrogens with zero attached hydrogens (tertiary/aromatic N) is 1. The molecule has 6 nitrogen and oxygen atoms in total. The van der Waals surface area contributed by atoms with E-state index in [0.29, 0.717) is 22.4 Å². The third kappa shape index (κ3) is 5.14. The highest BCUT2D eigenvalue weighted by Gasteiger charge is 2.17. The average molecular weight is 438 g/mol. The SMILES string of the molecule is Cc1ccc(C(=O)Oc2ccc3ccccc3c2/C=N\NC(=O)[C@@H](O)c2ccccc2)cc1. The Balaban J connectivity index is 1.59. The van der Waals surface area contributed by atoms with E-state index in [9.17, 15) is 14.7 Å². The lowest BCUT2D eigenvalue weighted by atomic mass is 10.0. The van der Waals surface area contributed by atoms with Gasteiger partial charge in [-0.15, -0.1) is 0 Å². The van der Waals surface area contributed by atoms with Crippen LogP contribution in [-0.2, 0) is 4.79 Å². The summed E-state index contributed by atoms with van der Waals surface area (Å²) in [7, 11) is 0. The molecule has 4 aromatic carbocycles. The first-order valence-electron chi connectivity index (χ1n) is 10.4. The van der Waals surface area contributed by atoms with E-state index in [1.165, 1.54) is 6.21 Å². The van der Waals surface area contributed by atoms with E-state index in [-0.39, 0.29) is 0 Å². The van der Waals surface area contributed by atoms with Crippen molar-refractivity contribution in [2.24, 2.45) is 5.10 Å². The van der Waals surface area contributed by atoms with E-state index < -0.39 is 18.0 Å². The molecule has 164 valence electrons. The number of fused-ring (bicyclic) bond motifs is 1. The summed E-state index contributed by atoms with van der Waals surface area (Å²) in [6.07, 6.45) is 0.0603. The van der Waals surface area contributed by atoms with Gasteiger partial charge in [-0.05, 0) is 41.5 Å². The molecule has 33 heavy (non-hydrogen) atoms. The van der Waals surface area contributed by atoms with Crippen LogP contribution in [0.4, 0.5) is 0 Å². The van der Waals surface area contributed by atoms with Crippen molar-refractivity contribution in [3.63, 3.8) is 0 Å². The summed E-state index contributed by atoms with van der Waals surface area (Å²) < 4.78 is 5.66. The summed E-state index contributed by atoms with van der Waals surface area (Å²) in [5.41, 5.74) is 4.81. The average Bonchev–Trinajstić information content (AvgIpc) is 2.85. The van der Waals surface area contributed by atoms with Crippen molar-refractivity contribution in [3.8, 4) is 5.75 Å². The summed E-state index contributed by atoms with van der Waals surface area (Å²) in [4.78, 5) is 25.0. The van der Waals surface area contributed by atoms with E-state index in [4.69, 9.17) is 4.74 Å². The fourth-order valence-corrected chi connectivity index (χ4v) is 3.35. The summed E-state index contributed by atoms with van der Waals surface area (Å²) >= 11 is 0. The normalized spacial score (nSPS) is 11.9. The first-order valence-corrected chi connectivity index (χ1v) is 10.4. The second-order valence-corrected chi connectivity index (χ2v) is 7.50. The van der Waals surface area contributed by atoms with Crippen LogP contribution >= 0.6 is 0 Å². The van der Waals surface area contributed by atoms with Crippen LogP contribution in [0.5, 0.6) is 5.75 Å². The van der Waals surface area contributed by atoms with Gasteiger partial charge in [0.05, 0.1) is 11.8 Å². The lowest BCUT2D eigenvalue weighted by molar-refractivity contribution is -0.129. The molecule has 0 aromatic heterocycles. The number of nitrogens with one attached hydrogen (secondary N) is 1. The third-order valence-corrected chi connectivity index (χ3v) is 5.15. The Morgan fingerprint density at radius 2 is 1.61 bits per heavy atom. The van der Waals surface area contributed by atoms with Crippen molar-refractivity contribution >= 4 is 28.9 Å². The van der Waals surface area contributed by atoms with Gasteiger partial charge >= 0.3 is 5.97 Å². The monoisotopic (exact) mass is 438 g/mol. The lowest BCUT2D eigenvalue weighted by Gasteiger charge is -2.11. The second kappa shape index (κ2) is 9.89. The molecule has 0 saturated heterocycles. The second-order valence-electron chi connectivity index (χ2n) is 7.50. The number of rotatable bonds is 6. The van der Waals surface area contributed by atoms with E-state index in [1.807, 2.05) is 49.4 Å². The van der Waals surface area contributed by atoms with Gasteiger partial charge in [0.25, 0.3) is 5.91 Å². The number of aliphatic hydroxyl groups is 1. The fourth-order valence-electron chi connectivity index (χ4n) is 3.35. The van der Waals surface area contributed by atoms with E-state index in [2.05, 4.69) is 10.5 Å². The minimum Gasteiger partial charge on any atom is -0.422 e. The largest absolute Gasteiger partial charge is 0.422 e. The van der Waals surface area contributed by atoms with Gasteiger partial charge in [-0.1, -0.05) is 78.4 Å². The molecule has 6 heteroatoms. The van der Waals surface area contributed by atoms with Crippen molar-refractivity contribution in [1.29, 1.82) is 0 Å². The predicted octanol–water partition coefficient (Wildman–Crippen LogP) is 4.55. The van der Waals surface area contributed by atoms with Gasteiger partial charge in [0.2, 0.25) is 0 Å². The van der Waals surface area contributed by atoms with Crippen molar-refractivity contribution in [1.82, 2.24) is 5.43 Å². The molecular weight excluding hydrogens is 416 g/mol. The van der Waals surface area contributed by atoms with Crippen molar-refractivity contribution in [2.45, 2.75) is 13.0 Å². The Hall–Kier alpha value is -4.29. The molecule has 0 bridgehead atoms. The van der Waals surface area contributed by atoms with Gasteiger partial charge in [-0.25, -0.2) is 10.2 Å². The zero-order valence-corrected chi connectivity index (χ0v) is 17.9. The predicted molar refractivity (Wildman–Crippen MR) is 127 cm³/mol. The molecule has 1 amide bonds. The summed E-state index contributed by atoms with van der Waals surface area (Å²) in [6.45, 7) is 1.94. The highest BCUT2D eigenvalue weighted by Crippen LogP contribution is 2.27. The molecule has 0 saturated carbocycles. The standard InChI is InChI=1S/C27H22N2O4/c1-18-11-13-21(14-12-18)27(32)33-24-16-15-19-7-5-6-10-22(19)23(24)17-28-29-26(31)25(30)20-8-3-2-4-9-20/h2-17,25,30H,1H3,(H,29,31)/b28-17-/t25-/m0/s1. The maximum atomic E-state index is 12.7. The maximum absolute atomic E-state index is 12.7. The number of benzene rings is 4. The van der Waals surface area contributed by atoms with Crippen LogP contribution in [0.1, 0.15) is 33.2 Å². The van der Waals surface area contributed by atoms with Crippen LogP contribution in [-0.4, -0.2) is 23.2 Å². The number of ether oxygens (including phenoxy) is 1.